The van der Waals surface area contributed by atoms with Crippen LogP contribution in [0.25, 0.3) is 0 Å². The van der Waals surface area contributed by atoms with Crippen molar-refractivity contribution in [3.05, 3.63) is 21.3 Å². The van der Waals surface area contributed by atoms with Crippen LogP contribution in [-0.2, 0) is 21.4 Å². The number of carbonyl (C=O) groups is 1. The molecular weight excluding hydrogens is 334 g/mol. The molecule has 21 heavy (non-hydrogen) atoms. The fraction of sp³-hybridized carbons (Fsp3) is 0.615. The molecule has 0 aromatic carbocycles. The SMILES string of the molecule is CCN(Cc1ccc(Cl)s1)S(=O)(=O)C1CCCC1C(=O)O. The van der Waals surface area contributed by atoms with E-state index < -0.39 is 27.2 Å². The molecule has 1 aromatic rings. The summed E-state index contributed by atoms with van der Waals surface area (Å²) in [4.78, 5) is 12.1. The maximum absolute atomic E-state index is 12.7. The molecule has 8 heteroatoms. The van der Waals surface area contributed by atoms with Crippen LogP contribution in [-0.4, -0.2) is 35.6 Å². The molecule has 0 spiro atoms. The van der Waals surface area contributed by atoms with Crippen molar-refractivity contribution in [1.29, 1.82) is 0 Å². The van der Waals surface area contributed by atoms with E-state index in [0.29, 0.717) is 30.1 Å². The average Bonchev–Trinajstić information content (AvgIpc) is 3.04. The van der Waals surface area contributed by atoms with Crippen molar-refractivity contribution < 1.29 is 18.3 Å². The van der Waals surface area contributed by atoms with E-state index in [1.54, 1.807) is 19.1 Å². The first kappa shape index (κ1) is 16.7. The summed E-state index contributed by atoms with van der Waals surface area (Å²) in [5, 5.41) is 8.38. The maximum atomic E-state index is 12.7. The van der Waals surface area contributed by atoms with Gasteiger partial charge in [0.25, 0.3) is 0 Å². The first-order valence-electron chi connectivity index (χ1n) is 6.82. The first-order valence-corrected chi connectivity index (χ1v) is 9.52. The van der Waals surface area contributed by atoms with E-state index in [-0.39, 0.29) is 6.54 Å². The average molecular weight is 352 g/mol. The Balaban J connectivity index is 2.21. The van der Waals surface area contributed by atoms with Gasteiger partial charge >= 0.3 is 5.97 Å². The third-order valence-corrected chi connectivity index (χ3v) is 7.48. The van der Waals surface area contributed by atoms with Gasteiger partial charge in [0, 0.05) is 18.0 Å². The number of nitrogens with zero attached hydrogens (tertiary/aromatic N) is 1. The number of carboxylic acid groups (broad SMARTS) is 1. The molecule has 1 saturated carbocycles. The minimum absolute atomic E-state index is 0.249. The summed E-state index contributed by atoms with van der Waals surface area (Å²) < 4.78 is 27.4. The van der Waals surface area contributed by atoms with Crippen LogP contribution in [0.2, 0.25) is 4.34 Å². The van der Waals surface area contributed by atoms with Gasteiger partial charge in [-0.1, -0.05) is 24.9 Å². The van der Waals surface area contributed by atoms with E-state index in [2.05, 4.69) is 0 Å². The molecule has 1 aliphatic rings. The summed E-state index contributed by atoms with van der Waals surface area (Å²) >= 11 is 7.21. The summed E-state index contributed by atoms with van der Waals surface area (Å²) in [5.41, 5.74) is 0. The van der Waals surface area contributed by atoms with Gasteiger partial charge in [-0.25, -0.2) is 8.42 Å². The lowest BCUT2D eigenvalue weighted by molar-refractivity contribution is -0.141. The van der Waals surface area contributed by atoms with Crippen LogP contribution in [0.3, 0.4) is 0 Å². The van der Waals surface area contributed by atoms with Crippen LogP contribution in [0.1, 0.15) is 31.1 Å². The zero-order chi connectivity index (χ0) is 15.6. The Morgan fingerprint density at radius 3 is 2.71 bits per heavy atom. The maximum Gasteiger partial charge on any atom is 0.307 e. The zero-order valence-corrected chi connectivity index (χ0v) is 14.0. The number of halogens is 1. The van der Waals surface area contributed by atoms with Crippen molar-refractivity contribution in [3.8, 4) is 0 Å². The molecule has 0 aliphatic heterocycles. The lowest BCUT2D eigenvalue weighted by atomic mass is 10.1. The molecule has 0 bridgehead atoms. The van der Waals surface area contributed by atoms with Crippen LogP contribution in [0.5, 0.6) is 0 Å². The number of aliphatic carboxylic acids is 1. The number of carboxylic acids is 1. The van der Waals surface area contributed by atoms with Gasteiger partial charge in [0.2, 0.25) is 10.0 Å². The quantitative estimate of drug-likeness (QED) is 0.855. The van der Waals surface area contributed by atoms with Gasteiger partial charge in [0.15, 0.2) is 0 Å². The van der Waals surface area contributed by atoms with Gasteiger partial charge in [0.05, 0.1) is 15.5 Å². The standard InChI is InChI=1S/C13H18ClNO4S2/c1-2-15(8-9-6-7-12(14)20-9)21(18,19)11-5-3-4-10(11)13(16)17/h6-7,10-11H,2-5,8H2,1H3,(H,16,17). The second-order valence-corrected chi connectivity index (χ2v) is 9.04. The lowest BCUT2D eigenvalue weighted by Gasteiger charge is -2.26. The molecular formula is C13H18ClNO4S2. The second-order valence-electron chi connectivity index (χ2n) is 5.09. The smallest absolute Gasteiger partial charge is 0.307 e. The fourth-order valence-electron chi connectivity index (χ4n) is 2.75. The Labute approximate surface area is 133 Å². The van der Waals surface area contributed by atoms with E-state index in [1.165, 1.54) is 15.6 Å². The largest absolute Gasteiger partial charge is 0.481 e. The first-order chi connectivity index (χ1) is 9.86. The Hall–Kier alpha value is -0.630. The predicted octanol–water partition coefficient (Wildman–Crippen LogP) is 2.81. The molecule has 1 aliphatic carbocycles. The van der Waals surface area contributed by atoms with E-state index in [4.69, 9.17) is 11.6 Å². The lowest BCUT2D eigenvalue weighted by Crippen LogP contribution is -2.41. The van der Waals surface area contributed by atoms with Gasteiger partial charge in [-0.15, -0.1) is 11.3 Å². The highest BCUT2D eigenvalue weighted by atomic mass is 35.5. The molecule has 0 amide bonds. The Bertz CT molecular complexity index is 613. The monoisotopic (exact) mass is 351 g/mol. The summed E-state index contributed by atoms with van der Waals surface area (Å²) in [6.07, 6.45) is 1.49. The summed E-state index contributed by atoms with van der Waals surface area (Å²) in [7, 11) is -3.62. The zero-order valence-electron chi connectivity index (χ0n) is 11.7. The predicted molar refractivity (Wildman–Crippen MR) is 83.1 cm³/mol. The third kappa shape index (κ3) is 3.59. The van der Waals surface area contributed by atoms with E-state index in [9.17, 15) is 18.3 Å². The normalized spacial score (nSPS) is 22.8. The fourth-order valence-corrected chi connectivity index (χ4v) is 6.13. The molecule has 2 atom stereocenters. The number of thiophene rings is 1. The number of hydrogen-bond acceptors (Lipinski definition) is 4. The molecule has 1 N–H and O–H groups in total. The molecule has 0 saturated heterocycles. The topological polar surface area (TPSA) is 74.7 Å². The minimum Gasteiger partial charge on any atom is -0.481 e. The Kier molecular flexibility index (Phi) is 5.29. The molecule has 1 fully saturated rings. The summed E-state index contributed by atoms with van der Waals surface area (Å²) in [6.45, 7) is 2.33. The van der Waals surface area contributed by atoms with Crippen molar-refractivity contribution in [3.63, 3.8) is 0 Å². The molecule has 1 heterocycles. The highest BCUT2D eigenvalue weighted by molar-refractivity contribution is 7.89. The minimum atomic E-state index is -3.62. The number of sulfonamides is 1. The van der Waals surface area contributed by atoms with Crippen LogP contribution < -0.4 is 0 Å². The van der Waals surface area contributed by atoms with E-state index >= 15 is 0 Å². The van der Waals surface area contributed by atoms with Crippen molar-refractivity contribution in [2.75, 3.05) is 6.54 Å². The number of rotatable bonds is 6. The molecule has 118 valence electrons. The Morgan fingerprint density at radius 1 is 1.48 bits per heavy atom. The highest BCUT2D eigenvalue weighted by Gasteiger charge is 2.43. The summed E-state index contributed by atoms with van der Waals surface area (Å²) in [6, 6.07) is 3.53. The van der Waals surface area contributed by atoms with Crippen LogP contribution in [0.4, 0.5) is 0 Å². The van der Waals surface area contributed by atoms with Gasteiger partial charge in [-0.05, 0) is 25.0 Å². The Morgan fingerprint density at radius 2 is 2.19 bits per heavy atom. The van der Waals surface area contributed by atoms with Crippen molar-refractivity contribution >= 4 is 38.9 Å². The highest BCUT2D eigenvalue weighted by Crippen LogP contribution is 2.34. The molecule has 5 nitrogen and oxygen atoms in total. The second kappa shape index (κ2) is 6.64. The van der Waals surface area contributed by atoms with Crippen LogP contribution in [0.15, 0.2) is 12.1 Å². The van der Waals surface area contributed by atoms with E-state index in [1.807, 2.05) is 0 Å². The van der Waals surface area contributed by atoms with Gasteiger partial charge in [0.1, 0.15) is 0 Å². The molecule has 1 aromatic heterocycles. The third-order valence-electron chi connectivity index (χ3n) is 3.83. The number of hydrogen-bond donors (Lipinski definition) is 1. The van der Waals surface area contributed by atoms with Crippen molar-refractivity contribution in [1.82, 2.24) is 4.31 Å². The van der Waals surface area contributed by atoms with Crippen molar-refractivity contribution in [2.45, 2.75) is 38.0 Å². The molecule has 0 radical (unpaired) electrons. The van der Waals surface area contributed by atoms with Gasteiger partial charge < -0.3 is 5.11 Å². The van der Waals surface area contributed by atoms with Gasteiger partial charge in [-0.2, -0.15) is 4.31 Å². The van der Waals surface area contributed by atoms with Crippen molar-refractivity contribution in [2.24, 2.45) is 5.92 Å². The van der Waals surface area contributed by atoms with E-state index in [0.717, 1.165) is 4.88 Å². The summed E-state index contributed by atoms with van der Waals surface area (Å²) in [5.74, 6) is -1.81. The van der Waals surface area contributed by atoms with Crippen LogP contribution >= 0.6 is 22.9 Å². The van der Waals surface area contributed by atoms with Crippen LogP contribution in [0, 0.1) is 5.92 Å². The van der Waals surface area contributed by atoms with Gasteiger partial charge in [-0.3, -0.25) is 4.79 Å². The molecule has 2 rings (SSSR count). The molecule has 2 unspecified atom stereocenters.